The average Bonchev–Trinajstić information content (AvgIpc) is 2.56. The van der Waals surface area contributed by atoms with Gasteiger partial charge in [0.15, 0.2) is 5.11 Å². The molecule has 0 radical (unpaired) electrons. The molecule has 1 amide bonds. The second kappa shape index (κ2) is 9.45. The van der Waals surface area contributed by atoms with E-state index >= 15 is 0 Å². The number of carbonyl (C=O) groups is 1. The van der Waals surface area contributed by atoms with E-state index in [2.05, 4.69) is 16.0 Å². The van der Waals surface area contributed by atoms with Gasteiger partial charge in [-0.15, -0.1) is 0 Å². The number of halogens is 6. The van der Waals surface area contributed by atoms with Crippen molar-refractivity contribution >= 4 is 86.9 Å². The van der Waals surface area contributed by atoms with Gasteiger partial charge in [-0.25, -0.2) is 4.39 Å². The molecule has 144 valence electrons. The molecule has 2 aromatic rings. The minimum Gasteiger partial charge on any atom is -0.339 e. The maximum atomic E-state index is 13.0. The zero-order valence-electron chi connectivity index (χ0n) is 13.2. The number of carbonyl (C=O) groups excluding carboxylic acids is 1. The highest BCUT2D eigenvalue weighted by Gasteiger charge is 2.35. The van der Waals surface area contributed by atoms with E-state index in [1.165, 1.54) is 18.2 Å². The molecule has 0 aliphatic heterocycles. The smallest absolute Gasteiger partial charge is 0.252 e. The minimum atomic E-state index is -1.94. The highest BCUT2D eigenvalue weighted by atomic mass is 35.6. The van der Waals surface area contributed by atoms with Crippen molar-refractivity contribution in [2.24, 2.45) is 0 Å². The highest BCUT2D eigenvalue weighted by molar-refractivity contribution is 7.80. The van der Waals surface area contributed by atoms with E-state index in [-0.39, 0.29) is 10.7 Å². The number of alkyl halides is 3. The monoisotopic (exact) mass is 487 g/mol. The molecule has 0 heterocycles. The van der Waals surface area contributed by atoms with Crippen LogP contribution in [0.15, 0.2) is 42.5 Å². The van der Waals surface area contributed by atoms with Gasteiger partial charge in [0.1, 0.15) is 12.0 Å². The fraction of sp³-hybridized carbons (Fsp3) is 0.125. The number of nitrogens with one attached hydrogen (secondary N) is 3. The van der Waals surface area contributed by atoms with Gasteiger partial charge in [0.2, 0.25) is 3.79 Å². The number of hydrogen-bond acceptors (Lipinski definition) is 2. The number of hydrogen-bond donors (Lipinski definition) is 3. The molecule has 2 rings (SSSR count). The lowest BCUT2D eigenvalue weighted by atomic mass is 10.2. The van der Waals surface area contributed by atoms with Crippen LogP contribution >= 0.6 is 70.2 Å². The lowest BCUT2D eigenvalue weighted by Crippen LogP contribution is -2.56. The summed E-state index contributed by atoms with van der Waals surface area (Å²) in [5, 5.41) is 8.80. The van der Waals surface area contributed by atoms with Gasteiger partial charge in [0, 0.05) is 10.6 Å². The van der Waals surface area contributed by atoms with Crippen molar-refractivity contribution in [1.82, 2.24) is 10.6 Å². The van der Waals surface area contributed by atoms with Crippen LogP contribution < -0.4 is 16.0 Å². The van der Waals surface area contributed by atoms with Crippen molar-refractivity contribution in [3.8, 4) is 0 Å². The van der Waals surface area contributed by atoms with E-state index < -0.39 is 21.7 Å². The largest absolute Gasteiger partial charge is 0.339 e. The Hall–Kier alpha value is -1.02. The SMILES string of the molecule is O=C(NC(NC(=S)Nc1ccc(Cl)cc1Cl)C(Cl)(Cl)Cl)c1ccc(F)cc1. The highest BCUT2D eigenvalue weighted by Crippen LogP contribution is 2.30. The van der Waals surface area contributed by atoms with Crippen molar-refractivity contribution in [2.45, 2.75) is 9.96 Å². The predicted octanol–water partition coefficient (Wildman–Crippen LogP) is 5.55. The van der Waals surface area contributed by atoms with Crippen molar-refractivity contribution in [1.29, 1.82) is 0 Å². The van der Waals surface area contributed by atoms with Crippen LogP contribution in [0.25, 0.3) is 0 Å². The Bertz CT molecular complexity index is 845. The molecule has 0 aliphatic carbocycles. The summed E-state index contributed by atoms with van der Waals surface area (Å²) in [6.45, 7) is 0. The number of amides is 1. The van der Waals surface area contributed by atoms with Crippen molar-refractivity contribution in [3.05, 3.63) is 63.9 Å². The Morgan fingerprint density at radius 1 is 1.04 bits per heavy atom. The molecule has 11 heteroatoms. The van der Waals surface area contributed by atoms with Gasteiger partial charge in [-0.05, 0) is 54.7 Å². The first-order valence-electron chi connectivity index (χ1n) is 7.22. The number of thiocarbonyl (C=S) groups is 1. The molecular weight excluding hydrogens is 479 g/mol. The van der Waals surface area contributed by atoms with Gasteiger partial charge in [-0.1, -0.05) is 58.0 Å². The van der Waals surface area contributed by atoms with E-state index in [9.17, 15) is 9.18 Å². The number of anilines is 1. The summed E-state index contributed by atoms with van der Waals surface area (Å²) < 4.78 is 11.0. The third kappa shape index (κ3) is 6.82. The van der Waals surface area contributed by atoms with Crippen molar-refractivity contribution in [2.75, 3.05) is 5.32 Å². The van der Waals surface area contributed by atoms with E-state index in [0.29, 0.717) is 15.7 Å². The summed E-state index contributed by atoms with van der Waals surface area (Å²) >= 11 is 34.8. The molecular formula is C16H11Cl5FN3OS. The van der Waals surface area contributed by atoms with Gasteiger partial charge < -0.3 is 16.0 Å². The van der Waals surface area contributed by atoms with Gasteiger partial charge in [0.25, 0.3) is 5.91 Å². The molecule has 0 saturated heterocycles. The van der Waals surface area contributed by atoms with E-state index in [4.69, 9.17) is 70.2 Å². The van der Waals surface area contributed by atoms with Gasteiger partial charge in [-0.2, -0.15) is 0 Å². The zero-order chi connectivity index (χ0) is 20.2. The standard InChI is InChI=1S/C16H11Cl5FN3OS/c17-9-3-6-12(11(18)7-9)23-15(27)25-14(16(19,20)21)24-13(26)8-1-4-10(22)5-2-8/h1-7,14H,(H,24,26)(H2,23,25,27). The van der Waals surface area contributed by atoms with Crippen LogP contribution in [0.4, 0.5) is 10.1 Å². The summed E-state index contributed by atoms with van der Waals surface area (Å²) in [6.07, 6.45) is -1.19. The Morgan fingerprint density at radius 2 is 1.67 bits per heavy atom. The molecule has 2 aromatic carbocycles. The normalized spacial score (nSPS) is 12.2. The molecule has 1 unspecified atom stereocenters. The topological polar surface area (TPSA) is 53.2 Å². The summed E-state index contributed by atoms with van der Waals surface area (Å²) in [5.41, 5.74) is 0.642. The van der Waals surface area contributed by atoms with Gasteiger partial charge in [0.05, 0.1) is 10.7 Å². The first-order valence-corrected chi connectivity index (χ1v) is 9.52. The number of benzene rings is 2. The van der Waals surface area contributed by atoms with Crippen molar-refractivity contribution in [3.63, 3.8) is 0 Å². The Kier molecular flexibility index (Phi) is 7.80. The second-order valence-corrected chi connectivity index (χ2v) is 8.80. The molecule has 27 heavy (non-hydrogen) atoms. The van der Waals surface area contributed by atoms with Crippen LogP contribution in [0.1, 0.15) is 10.4 Å². The zero-order valence-corrected chi connectivity index (χ0v) is 17.8. The summed E-state index contributed by atoms with van der Waals surface area (Å²) in [6, 6.07) is 9.62. The molecule has 3 N–H and O–H groups in total. The third-order valence-electron chi connectivity index (χ3n) is 3.16. The second-order valence-electron chi connectivity index (χ2n) is 5.18. The van der Waals surface area contributed by atoms with E-state index in [0.717, 1.165) is 12.1 Å². The van der Waals surface area contributed by atoms with Gasteiger partial charge in [-0.3, -0.25) is 4.79 Å². The van der Waals surface area contributed by atoms with Crippen LogP contribution in [0.3, 0.4) is 0 Å². The predicted molar refractivity (Wildman–Crippen MR) is 114 cm³/mol. The Balaban J connectivity index is 2.08. The summed E-state index contributed by atoms with van der Waals surface area (Å²) in [7, 11) is 0. The maximum absolute atomic E-state index is 13.0. The first-order chi connectivity index (χ1) is 12.6. The molecule has 0 fully saturated rings. The van der Waals surface area contributed by atoms with Crippen LogP contribution in [0.2, 0.25) is 10.0 Å². The van der Waals surface area contributed by atoms with E-state index in [1.54, 1.807) is 12.1 Å². The Morgan fingerprint density at radius 3 is 2.22 bits per heavy atom. The van der Waals surface area contributed by atoms with Crippen LogP contribution in [-0.4, -0.2) is 21.0 Å². The molecule has 0 spiro atoms. The fourth-order valence-corrected chi connectivity index (χ4v) is 2.91. The van der Waals surface area contributed by atoms with Crippen LogP contribution in [0, 0.1) is 5.82 Å². The first kappa shape index (κ1) is 22.3. The lowest BCUT2D eigenvalue weighted by molar-refractivity contribution is 0.0934. The Labute approximate surface area is 185 Å². The molecule has 0 saturated carbocycles. The molecule has 0 bridgehead atoms. The average molecular weight is 490 g/mol. The third-order valence-corrected chi connectivity index (χ3v) is 4.59. The fourth-order valence-electron chi connectivity index (χ4n) is 1.90. The minimum absolute atomic E-state index is 0.0370. The maximum Gasteiger partial charge on any atom is 0.252 e. The molecule has 0 aliphatic rings. The lowest BCUT2D eigenvalue weighted by Gasteiger charge is -2.28. The summed E-state index contributed by atoms with van der Waals surface area (Å²) in [4.78, 5) is 12.3. The van der Waals surface area contributed by atoms with Crippen molar-refractivity contribution < 1.29 is 9.18 Å². The van der Waals surface area contributed by atoms with E-state index in [1.807, 2.05) is 0 Å². The van der Waals surface area contributed by atoms with Crippen LogP contribution in [-0.2, 0) is 0 Å². The van der Waals surface area contributed by atoms with Crippen LogP contribution in [0.5, 0.6) is 0 Å². The molecule has 0 aromatic heterocycles. The molecule has 1 atom stereocenters. The summed E-state index contributed by atoms with van der Waals surface area (Å²) in [5.74, 6) is -1.07. The number of rotatable bonds is 4. The molecule has 4 nitrogen and oxygen atoms in total. The quantitative estimate of drug-likeness (QED) is 0.300. The van der Waals surface area contributed by atoms with Gasteiger partial charge >= 0.3 is 0 Å².